The van der Waals surface area contributed by atoms with Crippen molar-refractivity contribution in [1.29, 1.82) is 0 Å². The highest BCUT2D eigenvalue weighted by Gasteiger charge is 2.37. The van der Waals surface area contributed by atoms with E-state index in [1.807, 2.05) is 35.2 Å². The van der Waals surface area contributed by atoms with E-state index in [1.165, 1.54) is 12.8 Å². The second-order valence-corrected chi connectivity index (χ2v) is 8.94. The van der Waals surface area contributed by atoms with E-state index in [0.717, 1.165) is 18.5 Å². The minimum Gasteiger partial charge on any atom is -0.484 e. The molecule has 6 nitrogen and oxygen atoms in total. The van der Waals surface area contributed by atoms with Crippen LogP contribution in [-0.2, 0) is 9.59 Å². The number of carbonyl (C=O) groups is 2. The Morgan fingerprint density at radius 2 is 1.62 bits per heavy atom. The van der Waals surface area contributed by atoms with E-state index >= 15 is 0 Å². The highest BCUT2D eigenvalue weighted by molar-refractivity contribution is 6.30. The van der Waals surface area contributed by atoms with Gasteiger partial charge in [-0.15, -0.1) is 0 Å². The van der Waals surface area contributed by atoms with E-state index in [-0.39, 0.29) is 24.5 Å². The number of halogens is 1. The van der Waals surface area contributed by atoms with Gasteiger partial charge in [-0.25, -0.2) is 0 Å². The first kappa shape index (κ1) is 22.6. The highest BCUT2D eigenvalue weighted by Crippen LogP contribution is 2.31. The molecule has 1 heterocycles. The van der Waals surface area contributed by atoms with Crippen molar-refractivity contribution in [3.63, 3.8) is 0 Å². The summed E-state index contributed by atoms with van der Waals surface area (Å²) in [6.45, 7) is 2.59. The number of anilines is 1. The lowest BCUT2D eigenvalue weighted by Gasteiger charge is -2.40. The average molecular weight is 456 g/mol. The third-order valence-electron chi connectivity index (χ3n) is 6.39. The summed E-state index contributed by atoms with van der Waals surface area (Å²) >= 11 is 5.89. The summed E-state index contributed by atoms with van der Waals surface area (Å²) in [6.07, 6.45) is 4.53. The van der Waals surface area contributed by atoms with Gasteiger partial charge in [-0.05, 0) is 55.2 Å². The predicted octanol–water partition coefficient (Wildman–Crippen LogP) is 4.06. The third kappa shape index (κ3) is 5.81. The zero-order valence-electron chi connectivity index (χ0n) is 18.2. The summed E-state index contributed by atoms with van der Waals surface area (Å²) in [5, 5.41) is 3.73. The van der Waals surface area contributed by atoms with Crippen LogP contribution in [0.1, 0.15) is 25.7 Å². The van der Waals surface area contributed by atoms with Crippen molar-refractivity contribution in [2.24, 2.45) is 5.92 Å². The van der Waals surface area contributed by atoms with Gasteiger partial charge in [0.25, 0.3) is 5.91 Å². The molecule has 0 aromatic heterocycles. The van der Waals surface area contributed by atoms with Crippen molar-refractivity contribution in [2.45, 2.75) is 31.7 Å². The molecular formula is C25H30ClN3O3. The van der Waals surface area contributed by atoms with Gasteiger partial charge in [0.2, 0.25) is 5.91 Å². The molecule has 0 bridgehead atoms. The summed E-state index contributed by atoms with van der Waals surface area (Å²) in [7, 11) is 0. The van der Waals surface area contributed by atoms with Crippen LogP contribution >= 0.6 is 11.6 Å². The number of hydrogen-bond donors (Lipinski definition) is 1. The standard InChI is InChI=1S/C25H30ClN3O3/c26-20-10-12-22(13-11-20)32-18-23(30)28-14-16-29(17-15-28)24(19-6-4-5-7-19)25(31)27-21-8-2-1-3-9-21/h1-3,8-13,19,24H,4-7,14-18H2,(H,27,31)/t24-/m0/s1. The number of para-hydroxylation sites is 1. The Morgan fingerprint density at radius 1 is 0.969 bits per heavy atom. The van der Waals surface area contributed by atoms with Crippen molar-refractivity contribution in [2.75, 3.05) is 38.1 Å². The number of carbonyl (C=O) groups excluding carboxylic acids is 2. The first-order valence-corrected chi connectivity index (χ1v) is 11.7. The van der Waals surface area contributed by atoms with Crippen LogP contribution in [0.15, 0.2) is 54.6 Å². The molecule has 2 fully saturated rings. The smallest absolute Gasteiger partial charge is 0.260 e. The Hall–Kier alpha value is -2.57. The van der Waals surface area contributed by atoms with Crippen LogP contribution in [0.3, 0.4) is 0 Å². The molecule has 32 heavy (non-hydrogen) atoms. The van der Waals surface area contributed by atoms with E-state index in [4.69, 9.17) is 16.3 Å². The fraction of sp³-hybridized carbons (Fsp3) is 0.440. The lowest BCUT2D eigenvalue weighted by molar-refractivity contribution is -0.136. The number of benzene rings is 2. The molecule has 1 aliphatic carbocycles. The van der Waals surface area contributed by atoms with Gasteiger partial charge in [-0.2, -0.15) is 0 Å². The lowest BCUT2D eigenvalue weighted by atomic mass is 9.95. The fourth-order valence-electron chi connectivity index (χ4n) is 4.71. The topological polar surface area (TPSA) is 61.9 Å². The van der Waals surface area contributed by atoms with Gasteiger partial charge in [0, 0.05) is 36.9 Å². The molecule has 1 atom stereocenters. The summed E-state index contributed by atoms with van der Waals surface area (Å²) in [5.41, 5.74) is 0.827. The molecule has 1 N–H and O–H groups in total. The second kappa shape index (κ2) is 10.8. The zero-order valence-corrected chi connectivity index (χ0v) is 19.0. The maximum Gasteiger partial charge on any atom is 0.260 e. The van der Waals surface area contributed by atoms with Gasteiger partial charge in [0.05, 0.1) is 6.04 Å². The van der Waals surface area contributed by atoms with Crippen molar-refractivity contribution < 1.29 is 14.3 Å². The molecule has 1 aliphatic heterocycles. The normalized spacial score (nSPS) is 18.3. The molecular weight excluding hydrogens is 426 g/mol. The number of piperazine rings is 1. The lowest BCUT2D eigenvalue weighted by Crippen LogP contribution is -2.57. The monoisotopic (exact) mass is 455 g/mol. The summed E-state index contributed by atoms with van der Waals surface area (Å²) < 4.78 is 5.61. The van der Waals surface area contributed by atoms with Crippen molar-refractivity contribution in [3.05, 3.63) is 59.6 Å². The largest absolute Gasteiger partial charge is 0.484 e. The minimum atomic E-state index is -0.153. The average Bonchev–Trinajstić information content (AvgIpc) is 3.34. The fourth-order valence-corrected chi connectivity index (χ4v) is 4.83. The number of hydrogen-bond acceptors (Lipinski definition) is 4. The Kier molecular flexibility index (Phi) is 7.66. The van der Waals surface area contributed by atoms with Gasteiger partial charge >= 0.3 is 0 Å². The molecule has 2 aromatic rings. The Morgan fingerprint density at radius 3 is 2.28 bits per heavy atom. The maximum absolute atomic E-state index is 13.2. The summed E-state index contributed by atoms with van der Waals surface area (Å²) in [4.78, 5) is 29.9. The van der Waals surface area contributed by atoms with Crippen LogP contribution in [0.25, 0.3) is 0 Å². The van der Waals surface area contributed by atoms with Crippen LogP contribution in [0.5, 0.6) is 5.75 Å². The van der Waals surface area contributed by atoms with E-state index in [0.29, 0.717) is 42.9 Å². The maximum atomic E-state index is 13.2. The molecule has 4 rings (SSSR count). The van der Waals surface area contributed by atoms with E-state index in [2.05, 4.69) is 10.2 Å². The van der Waals surface area contributed by atoms with E-state index in [9.17, 15) is 9.59 Å². The predicted molar refractivity (Wildman–Crippen MR) is 126 cm³/mol. The van der Waals surface area contributed by atoms with Crippen LogP contribution in [0.4, 0.5) is 5.69 Å². The van der Waals surface area contributed by atoms with Crippen LogP contribution < -0.4 is 10.1 Å². The summed E-state index contributed by atoms with van der Waals surface area (Å²) in [5.74, 6) is 1.02. The summed E-state index contributed by atoms with van der Waals surface area (Å²) in [6, 6.07) is 16.5. The zero-order chi connectivity index (χ0) is 22.3. The Labute approximate surface area is 194 Å². The van der Waals surface area contributed by atoms with Crippen LogP contribution in [0.2, 0.25) is 5.02 Å². The molecule has 2 aromatic carbocycles. The number of amides is 2. The quantitative estimate of drug-likeness (QED) is 0.683. The molecule has 0 spiro atoms. The van der Waals surface area contributed by atoms with Crippen LogP contribution in [0, 0.1) is 5.92 Å². The molecule has 2 aliphatic rings. The molecule has 0 radical (unpaired) electrons. The molecule has 0 unspecified atom stereocenters. The van der Waals surface area contributed by atoms with E-state index < -0.39 is 0 Å². The first-order chi connectivity index (χ1) is 15.6. The molecule has 1 saturated carbocycles. The molecule has 7 heteroatoms. The highest BCUT2D eigenvalue weighted by atomic mass is 35.5. The molecule has 170 valence electrons. The van der Waals surface area contributed by atoms with E-state index in [1.54, 1.807) is 24.3 Å². The number of rotatable bonds is 7. The van der Waals surface area contributed by atoms with Gasteiger partial charge < -0.3 is 15.0 Å². The Bertz CT molecular complexity index is 892. The van der Waals surface area contributed by atoms with Gasteiger partial charge in [-0.3, -0.25) is 14.5 Å². The van der Waals surface area contributed by atoms with Gasteiger partial charge in [-0.1, -0.05) is 42.6 Å². The Balaban J connectivity index is 1.32. The van der Waals surface area contributed by atoms with Crippen molar-refractivity contribution in [3.8, 4) is 5.75 Å². The van der Waals surface area contributed by atoms with Crippen molar-refractivity contribution in [1.82, 2.24) is 9.80 Å². The van der Waals surface area contributed by atoms with Gasteiger partial charge in [0.1, 0.15) is 5.75 Å². The van der Waals surface area contributed by atoms with Gasteiger partial charge in [0.15, 0.2) is 6.61 Å². The third-order valence-corrected chi connectivity index (χ3v) is 6.64. The number of ether oxygens (including phenoxy) is 1. The minimum absolute atomic E-state index is 0.00216. The molecule has 2 amide bonds. The van der Waals surface area contributed by atoms with Crippen LogP contribution in [-0.4, -0.2) is 60.4 Å². The number of nitrogens with one attached hydrogen (secondary N) is 1. The van der Waals surface area contributed by atoms with Crippen molar-refractivity contribution >= 4 is 29.1 Å². The SMILES string of the molecule is O=C(Nc1ccccc1)[C@H](C1CCCC1)N1CCN(C(=O)COc2ccc(Cl)cc2)CC1. The molecule has 1 saturated heterocycles. The number of nitrogens with zero attached hydrogens (tertiary/aromatic N) is 2. The second-order valence-electron chi connectivity index (χ2n) is 8.50. The first-order valence-electron chi connectivity index (χ1n) is 11.4.